The first-order valence-electron chi connectivity index (χ1n) is 8.09. The highest BCUT2D eigenvalue weighted by Crippen LogP contribution is 2.29. The van der Waals surface area contributed by atoms with Crippen molar-refractivity contribution in [3.05, 3.63) is 40.7 Å². The second-order valence-electron chi connectivity index (χ2n) is 7.09. The van der Waals surface area contributed by atoms with Crippen LogP contribution in [0.2, 0.25) is 0 Å². The van der Waals surface area contributed by atoms with E-state index in [9.17, 15) is 14.0 Å². The molecule has 0 atom stereocenters. The third-order valence-corrected chi connectivity index (χ3v) is 4.84. The molecule has 25 heavy (non-hydrogen) atoms. The molecular formula is C18H20FN3O2S. The maximum atomic E-state index is 13.5. The second kappa shape index (κ2) is 6.55. The van der Waals surface area contributed by atoms with Gasteiger partial charge in [0.05, 0.1) is 12.1 Å². The lowest BCUT2D eigenvalue weighted by Crippen LogP contribution is -2.30. The molecule has 132 valence electrons. The molecule has 0 unspecified atom stereocenters. The number of fused-ring (bicyclic) bond motifs is 1. The summed E-state index contributed by atoms with van der Waals surface area (Å²) in [6.45, 7) is 6.02. The molecule has 1 aliphatic rings. The van der Waals surface area contributed by atoms with Crippen molar-refractivity contribution >= 4 is 34.0 Å². The van der Waals surface area contributed by atoms with E-state index in [4.69, 9.17) is 0 Å². The quantitative estimate of drug-likeness (QED) is 0.911. The first kappa shape index (κ1) is 17.5. The molecule has 5 nitrogen and oxygen atoms in total. The second-order valence-corrected chi connectivity index (χ2v) is 7.95. The highest BCUT2D eigenvalue weighted by atomic mass is 32.1. The standard InChI is InChI=1S/C18H20FN3O2S/c1-18(2,3)16(24)21-17-20-13(10-25-17)9-15(23)22-7-6-11-4-5-12(19)8-14(11)22/h4-5,8,10H,6-7,9H2,1-3H3,(H,20,21,24). The number of aromatic nitrogens is 1. The lowest BCUT2D eigenvalue weighted by molar-refractivity contribution is -0.123. The van der Waals surface area contributed by atoms with Crippen LogP contribution in [-0.4, -0.2) is 23.3 Å². The van der Waals surface area contributed by atoms with Crippen molar-refractivity contribution in [2.75, 3.05) is 16.8 Å². The molecule has 1 aliphatic heterocycles. The molecule has 7 heteroatoms. The summed E-state index contributed by atoms with van der Waals surface area (Å²) in [5, 5.41) is 5.01. The minimum atomic E-state index is -0.509. The molecule has 0 saturated heterocycles. The monoisotopic (exact) mass is 361 g/mol. The van der Waals surface area contributed by atoms with Gasteiger partial charge >= 0.3 is 0 Å². The molecule has 0 spiro atoms. The minimum Gasteiger partial charge on any atom is -0.311 e. The highest BCUT2D eigenvalue weighted by Gasteiger charge is 2.26. The summed E-state index contributed by atoms with van der Waals surface area (Å²) < 4.78 is 13.5. The minimum absolute atomic E-state index is 0.122. The Balaban J connectivity index is 1.67. The summed E-state index contributed by atoms with van der Waals surface area (Å²) >= 11 is 1.29. The first-order chi connectivity index (χ1) is 11.7. The Hall–Kier alpha value is -2.28. The number of nitrogens with one attached hydrogen (secondary N) is 1. The number of hydrogen-bond donors (Lipinski definition) is 1. The van der Waals surface area contributed by atoms with E-state index in [1.807, 2.05) is 20.8 Å². The maximum Gasteiger partial charge on any atom is 0.233 e. The number of carbonyl (C=O) groups is 2. The molecule has 0 aliphatic carbocycles. The van der Waals surface area contributed by atoms with E-state index in [0.29, 0.717) is 23.1 Å². The number of hydrogen-bond acceptors (Lipinski definition) is 4. The van der Waals surface area contributed by atoms with Gasteiger partial charge < -0.3 is 10.2 Å². The van der Waals surface area contributed by atoms with E-state index in [-0.39, 0.29) is 24.1 Å². The Labute approximate surface area is 149 Å². The van der Waals surface area contributed by atoms with Gasteiger partial charge in [0.2, 0.25) is 11.8 Å². The predicted molar refractivity (Wildman–Crippen MR) is 96.4 cm³/mol. The molecule has 1 aromatic carbocycles. The van der Waals surface area contributed by atoms with Crippen molar-refractivity contribution in [3.8, 4) is 0 Å². The van der Waals surface area contributed by atoms with Crippen LogP contribution in [0.4, 0.5) is 15.2 Å². The largest absolute Gasteiger partial charge is 0.311 e. The Morgan fingerprint density at radius 1 is 1.36 bits per heavy atom. The van der Waals surface area contributed by atoms with Crippen LogP contribution in [0.15, 0.2) is 23.6 Å². The zero-order chi connectivity index (χ0) is 18.2. The number of nitrogens with zero attached hydrogens (tertiary/aromatic N) is 2. The molecular weight excluding hydrogens is 341 g/mol. The van der Waals surface area contributed by atoms with Gasteiger partial charge in [-0.15, -0.1) is 11.3 Å². The van der Waals surface area contributed by atoms with Crippen molar-refractivity contribution in [2.45, 2.75) is 33.6 Å². The van der Waals surface area contributed by atoms with E-state index in [0.717, 1.165) is 12.0 Å². The summed E-state index contributed by atoms with van der Waals surface area (Å²) in [5.41, 5.74) is 1.71. The smallest absolute Gasteiger partial charge is 0.233 e. The molecule has 1 aromatic heterocycles. The van der Waals surface area contributed by atoms with Crippen LogP contribution < -0.4 is 10.2 Å². The number of thiazole rings is 1. The van der Waals surface area contributed by atoms with Crippen LogP contribution in [0.25, 0.3) is 0 Å². The first-order valence-corrected chi connectivity index (χ1v) is 8.96. The average molecular weight is 361 g/mol. The zero-order valence-corrected chi connectivity index (χ0v) is 15.2. The van der Waals surface area contributed by atoms with Gasteiger partial charge in [0.1, 0.15) is 5.82 Å². The maximum absolute atomic E-state index is 13.5. The predicted octanol–water partition coefficient (Wildman–Crippen LogP) is 3.40. The van der Waals surface area contributed by atoms with Crippen molar-refractivity contribution < 1.29 is 14.0 Å². The van der Waals surface area contributed by atoms with Crippen LogP contribution in [0.1, 0.15) is 32.0 Å². The van der Waals surface area contributed by atoms with Crippen LogP contribution in [-0.2, 0) is 22.4 Å². The number of amides is 2. The van der Waals surface area contributed by atoms with Gasteiger partial charge in [-0.25, -0.2) is 9.37 Å². The molecule has 1 N–H and O–H groups in total. The fourth-order valence-corrected chi connectivity index (χ4v) is 3.30. The van der Waals surface area contributed by atoms with Crippen molar-refractivity contribution in [2.24, 2.45) is 5.41 Å². The molecule has 0 radical (unpaired) electrons. The molecule has 0 bridgehead atoms. The fourth-order valence-electron chi connectivity index (χ4n) is 2.59. The lowest BCUT2D eigenvalue weighted by atomic mass is 9.96. The summed E-state index contributed by atoms with van der Waals surface area (Å²) in [5.74, 6) is -0.591. The topological polar surface area (TPSA) is 62.3 Å². The van der Waals surface area contributed by atoms with Crippen molar-refractivity contribution in [1.82, 2.24) is 4.98 Å². The molecule has 2 amide bonds. The third kappa shape index (κ3) is 3.87. The van der Waals surface area contributed by atoms with E-state index >= 15 is 0 Å². The fraction of sp³-hybridized carbons (Fsp3) is 0.389. The molecule has 0 fully saturated rings. The summed E-state index contributed by atoms with van der Waals surface area (Å²) in [6, 6.07) is 4.54. The lowest BCUT2D eigenvalue weighted by Gasteiger charge is -2.17. The van der Waals surface area contributed by atoms with E-state index in [2.05, 4.69) is 10.3 Å². The van der Waals surface area contributed by atoms with Gasteiger partial charge in [-0.1, -0.05) is 26.8 Å². The van der Waals surface area contributed by atoms with Crippen LogP contribution in [0.3, 0.4) is 0 Å². The van der Waals surface area contributed by atoms with Crippen molar-refractivity contribution in [1.29, 1.82) is 0 Å². The van der Waals surface area contributed by atoms with Crippen molar-refractivity contribution in [3.63, 3.8) is 0 Å². The molecule has 3 rings (SSSR count). The van der Waals surface area contributed by atoms with Crippen LogP contribution in [0.5, 0.6) is 0 Å². The van der Waals surface area contributed by atoms with Gasteiger partial charge in [0.15, 0.2) is 5.13 Å². The molecule has 0 saturated carbocycles. The highest BCUT2D eigenvalue weighted by molar-refractivity contribution is 7.13. The van der Waals surface area contributed by atoms with E-state index < -0.39 is 5.41 Å². The number of benzene rings is 1. The summed E-state index contributed by atoms with van der Waals surface area (Å²) in [7, 11) is 0. The Bertz CT molecular complexity index is 826. The normalized spacial score (nSPS) is 13.7. The Morgan fingerprint density at radius 2 is 2.12 bits per heavy atom. The number of anilines is 2. The number of carbonyl (C=O) groups excluding carboxylic acids is 2. The number of halogens is 1. The Kier molecular flexibility index (Phi) is 4.60. The van der Waals surface area contributed by atoms with Gasteiger partial charge in [-0.05, 0) is 24.1 Å². The SMILES string of the molecule is CC(C)(C)C(=O)Nc1nc(CC(=O)N2CCc3ccc(F)cc32)cs1. The van der Waals surface area contributed by atoms with E-state index in [1.54, 1.807) is 16.3 Å². The summed E-state index contributed by atoms with van der Waals surface area (Å²) in [4.78, 5) is 30.5. The van der Waals surface area contributed by atoms with Gasteiger partial charge in [0.25, 0.3) is 0 Å². The Morgan fingerprint density at radius 3 is 2.84 bits per heavy atom. The molecule has 2 heterocycles. The average Bonchev–Trinajstić information content (AvgIpc) is 3.12. The van der Waals surface area contributed by atoms with Gasteiger partial charge in [-0.3, -0.25) is 9.59 Å². The van der Waals surface area contributed by atoms with Gasteiger partial charge in [-0.2, -0.15) is 0 Å². The van der Waals surface area contributed by atoms with Crippen LogP contribution in [0, 0.1) is 11.2 Å². The third-order valence-electron chi connectivity index (χ3n) is 4.03. The number of rotatable bonds is 3. The van der Waals surface area contributed by atoms with Crippen LogP contribution >= 0.6 is 11.3 Å². The van der Waals surface area contributed by atoms with E-state index in [1.165, 1.54) is 23.5 Å². The summed E-state index contributed by atoms with van der Waals surface area (Å²) in [6.07, 6.45) is 0.850. The van der Waals surface area contributed by atoms with Gasteiger partial charge in [0, 0.05) is 23.0 Å². The zero-order valence-electron chi connectivity index (χ0n) is 14.4. The molecule has 2 aromatic rings.